The van der Waals surface area contributed by atoms with Gasteiger partial charge in [0, 0.05) is 17.6 Å². The number of nitrogens with zero attached hydrogens (tertiary/aromatic N) is 1. The third-order valence-electron chi connectivity index (χ3n) is 5.92. The smallest absolute Gasteiger partial charge is 0.261 e. The maximum Gasteiger partial charge on any atom is 0.261 e. The van der Waals surface area contributed by atoms with Crippen LogP contribution >= 0.6 is 50.7 Å². The van der Waals surface area contributed by atoms with Crippen LogP contribution in [0.3, 0.4) is 0 Å². The van der Waals surface area contributed by atoms with Gasteiger partial charge in [0.25, 0.3) is 5.91 Å². The van der Waals surface area contributed by atoms with Crippen LogP contribution in [0.4, 0.5) is 0 Å². The Labute approximate surface area is 224 Å². The zero-order chi connectivity index (χ0) is 24.7. The summed E-state index contributed by atoms with van der Waals surface area (Å²) in [6, 6.07) is 9.79. The number of hydrogen-bond acceptors (Lipinski definition) is 3. The summed E-state index contributed by atoms with van der Waals surface area (Å²) in [5, 5.41) is 4.54. The van der Waals surface area contributed by atoms with Gasteiger partial charge in [0.15, 0.2) is 6.61 Å². The first-order valence-corrected chi connectivity index (χ1v) is 13.3. The molecule has 5 nitrogen and oxygen atoms in total. The average molecular weight is 591 g/mol. The molecular formula is C25H28BrCl3N2O3. The van der Waals surface area contributed by atoms with Gasteiger partial charge in [0.2, 0.25) is 5.91 Å². The second-order valence-corrected chi connectivity index (χ2v) is 10.5. The molecule has 2 aromatic rings. The van der Waals surface area contributed by atoms with E-state index in [1.807, 2.05) is 6.92 Å². The van der Waals surface area contributed by atoms with E-state index < -0.39 is 6.04 Å². The van der Waals surface area contributed by atoms with E-state index in [1.165, 1.54) is 6.42 Å². The highest BCUT2D eigenvalue weighted by Gasteiger charge is 2.30. The van der Waals surface area contributed by atoms with Crippen molar-refractivity contribution in [3.8, 4) is 5.75 Å². The van der Waals surface area contributed by atoms with Crippen molar-refractivity contribution in [2.24, 2.45) is 0 Å². The van der Waals surface area contributed by atoms with Crippen LogP contribution < -0.4 is 10.1 Å². The summed E-state index contributed by atoms with van der Waals surface area (Å²) >= 11 is 21.7. The molecule has 1 fully saturated rings. The van der Waals surface area contributed by atoms with Gasteiger partial charge in [-0.15, -0.1) is 0 Å². The van der Waals surface area contributed by atoms with Gasteiger partial charge in [-0.25, -0.2) is 0 Å². The fourth-order valence-electron chi connectivity index (χ4n) is 4.11. The van der Waals surface area contributed by atoms with Gasteiger partial charge in [-0.3, -0.25) is 9.59 Å². The molecule has 0 aliphatic heterocycles. The summed E-state index contributed by atoms with van der Waals surface area (Å²) in [5.41, 5.74) is 0.777. The lowest BCUT2D eigenvalue weighted by molar-refractivity contribution is -0.143. The highest BCUT2D eigenvalue weighted by atomic mass is 79.9. The van der Waals surface area contributed by atoms with Crippen molar-refractivity contribution in [3.63, 3.8) is 0 Å². The van der Waals surface area contributed by atoms with Gasteiger partial charge < -0.3 is 15.0 Å². The second kappa shape index (κ2) is 13.0. The third kappa shape index (κ3) is 7.51. The number of carbonyl (C=O) groups is 2. The van der Waals surface area contributed by atoms with Gasteiger partial charge in [-0.2, -0.15) is 0 Å². The van der Waals surface area contributed by atoms with E-state index in [0.29, 0.717) is 31.7 Å². The number of benzene rings is 2. The van der Waals surface area contributed by atoms with Gasteiger partial charge in [-0.05, 0) is 71.1 Å². The molecule has 2 aromatic carbocycles. The van der Waals surface area contributed by atoms with E-state index in [9.17, 15) is 9.59 Å². The zero-order valence-electron chi connectivity index (χ0n) is 19.0. The molecule has 1 saturated carbocycles. The summed E-state index contributed by atoms with van der Waals surface area (Å²) in [6.07, 6.45) is 5.82. The number of nitrogens with one attached hydrogen (secondary N) is 1. The lowest BCUT2D eigenvalue weighted by atomic mass is 9.95. The Morgan fingerprint density at radius 1 is 1.09 bits per heavy atom. The van der Waals surface area contributed by atoms with Crippen molar-refractivity contribution in [2.75, 3.05) is 6.61 Å². The van der Waals surface area contributed by atoms with Crippen LogP contribution in [0, 0.1) is 0 Å². The first-order chi connectivity index (χ1) is 16.3. The van der Waals surface area contributed by atoms with Crippen molar-refractivity contribution >= 4 is 62.5 Å². The molecule has 0 unspecified atom stereocenters. The fraction of sp³-hybridized carbons (Fsp3) is 0.440. The molecule has 1 atom stereocenters. The SMILES string of the molecule is CC[C@@H](C(=O)NC1CCCCC1)N(Cc1ccc(Cl)c(Cl)c1)C(=O)COc1ccc(Cl)cc1Br. The quantitative estimate of drug-likeness (QED) is 0.341. The van der Waals surface area contributed by atoms with Crippen molar-refractivity contribution in [1.29, 1.82) is 0 Å². The summed E-state index contributed by atoms with van der Waals surface area (Å²) in [6.45, 7) is 1.88. The van der Waals surface area contributed by atoms with Gasteiger partial charge in [0.1, 0.15) is 11.8 Å². The first-order valence-electron chi connectivity index (χ1n) is 11.4. The van der Waals surface area contributed by atoms with Gasteiger partial charge in [0.05, 0.1) is 14.5 Å². The van der Waals surface area contributed by atoms with Crippen molar-refractivity contribution in [1.82, 2.24) is 10.2 Å². The van der Waals surface area contributed by atoms with Crippen molar-refractivity contribution in [3.05, 3.63) is 61.5 Å². The third-order valence-corrected chi connectivity index (χ3v) is 7.51. The summed E-state index contributed by atoms with van der Waals surface area (Å²) in [7, 11) is 0. The summed E-state index contributed by atoms with van der Waals surface area (Å²) in [4.78, 5) is 28.2. The highest BCUT2D eigenvalue weighted by Crippen LogP contribution is 2.28. The molecule has 184 valence electrons. The van der Waals surface area contributed by atoms with Crippen LogP contribution in [0.1, 0.15) is 51.0 Å². The Hall–Kier alpha value is -1.47. The van der Waals surface area contributed by atoms with Crippen LogP contribution in [0.25, 0.3) is 0 Å². The molecule has 0 spiro atoms. The zero-order valence-corrected chi connectivity index (χ0v) is 22.8. The number of ether oxygens (including phenoxy) is 1. The van der Waals surface area contributed by atoms with E-state index in [0.717, 1.165) is 31.2 Å². The Kier molecular flexibility index (Phi) is 10.4. The van der Waals surface area contributed by atoms with Crippen LogP contribution in [0.2, 0.25) is 15.1 Å². The number of hydrogen-bond donors (Lipinski definition) is 1. The molecule has 9 heteroatoms. The van der Waals surface area contributed by atoms with Crippen LogP contribution in [-0.4, -0.2) is 35.4 Å². The van der Waals surface area contributed by atoms with E-state index in [-0.39, 0.29) is 31.0 Å². The molecule has 0 radical (unpaired) electrons. The standard InChI is InChI=1S/C25H28BrCl3N2O3/c1-2-22(25(33)30-18-6-4-3-5-7-18)31(14-16-8-10-20(28)21(29)12-16)24(32)15-34-23-11-9-17(27)13-19(23)26/h8-13,18,22H,2-7,14-15H2,1H3,(H,30,33)/t22-/m0/s1. The molecular weight excluding hydrogens is 563 g/mol. The molecule has 1 aliphatic rings. The Morgan fingerprint density at radius 2 is 1.82 bits per heavy atom. The summed E-state index contributed by atoms with van der Waals surface area (Å²) in [5.74, 6) is 0.0426. The average Bonchev–Trinajstić information content (AvgIpc) is 2.81. The molecule has 1 aliphatic carbocycles. The van der Waals surface area contributed by atoms with E-state index in [4.69, 9.17) is 39.5 Å². The lowest BCUT2D eigenvalue weighted by Crippen LogP contribution is -2.52. The molecule has 0 bridgehead atoms. The minimum Gasteiger partial charge on any atom is -0.483 e. The van der Waals surface area contributed by atoms with Gasteiger partial charge >= 0.3 is 0 Å². The molecule has 0 aromatic heterocycles. The fourth-order valence-corrected chi connectivity index (χ4v) is 5.23. The maximum absolute atomic E-state index is 13.4. The number of rotatable bonds is 9. The topological polar surface area (TPSA) is 58.6 Å². The van der Waals surface area contributed by atoms with Crippen molar-refractivity contribution < 1.29 is 14.3 Å². The van der Waals surface area contributed by atoms with Crippen LogP contribution in [0.15, 0.2) is 40.9 Å². The van der Waals surface area contributed by atoms with E-state index >= 15 is 0 Å². The number of carbonyl (C=O) groups excluding carboxylic acids is 2. The Morgan fingerprint density at radius 3 is 2.47 bits per heavy atom. The van der Waals surface area contributed by atoms with Gasteiger partial charge in [-0.1, -0.05) is 67.1 Å². The molecule has 0 saturated heterocycles. The maximum atomic E-state index is 13.4. The van der Waals surface area contributed by atoms with E-state index in [1.54, 1.807) is 41.3 Å². The predicted molar refractivity (Wildman–Crippen MR) is 141 cm³/mol. The Bertz CT molecular complexity index is 1010. The van der Waals surface area contributed by atoms with E-state index in [2.05, 4.69) is 21.2 Å². The highest BCUT2D eigenvalue weighted by molar-refractivity contribution is 9.10. The van der Waals surface area contributed by atoms with Crippen molar-refractivity contribution in [2.45, 2.75) is 64.1 Å². The monoisotopic (exact) mass is 588 g/mol. The van der Waals surface area contributed by atoms with Crippen LogP contribution in [-0.2, 0) is 16.1 Å². The molecule has 34 heavy (non-hydrogen) atoms. The lowest BCUT2D eigenvalue weighted by Gasteiger charge is -2.32. The normalized spacial score (nSPS) is 15.0. The molecule has 0 heterocycles. The minimum absolute atomic E-state index is 0.143. The summed E-state index contributed by atoms with van der Waals surface area (Å²) < 4.78 is 6.41. The molecule has 3 rings (SSSR count). The largest absolute Gasteiger partial charge is 0.483 e. The first kappa shape index (κ1) is 27.1. The van der Waals surface area contributed by atoms with Crippen LogP contribution in [0.5, 0.6) is 5.75 Å². The number of halogens is 4. The predicted octanol–water partition coefficient (Wildman–Crippen LogP) is 7.04. The Balaban J connectivity index is 1.79. The molecule has 2 amide bonds. The second-order valence-electron chi connectivity index (χ2n) is 8.40. The number of amides is 2. The minimum atomic E-state index is -0.638. The molecule has 1 N–H and O–H groups in total.